The van der Waals surface area contributed by atoms with E-state index in [4.69, 9.17) is 14.3 Å². The van der Waals surface area contributed by atoms with Gasteiger partial charge in [-0.3, -0.25) is 14.6 Å². The van der Waals surface area contributed by atoms with Gasteiger partial charge in [-0.2, -0.15) is 18.2 Å². The second-order valence-corrected chi connectivity index (χ2v) is 8.05. The molecule has 5 aromatic rings. The van der Waals surface area contributed by atoms with Crippen molar-refractivity contribution in [3.05, 3.63) is 100 Å². The molecule has 0 aliphatic carbocycles. The molecule has 210 valence electrons. The van der Waals surface area contributed by atoms with Crippen LogP contribution in [0.4, 0.5) is 46.4 Å². The number of alkyl halides is 3. The van der Waals surface area contributed by atoms with Crippen molar-refractivity contribution in [1.82, 2.24) is 15.0 Å². The molecule has 3 aromatic carbocycles. The van der Waals surface area contributed by atoms with Gasteiger partial charge in [0, 0.05) is 17.1 Å². The van der Waals surface area contributed by atoms with E-state index in [1.807, 2.05) is 0 Å². The standard InChI is InChI=1S/C25H16F4N6O3.CH2O2/c26-18-12-30-23(35-21(18)31-15-7-9-20-19(11-15)34-24(37)38-20)33-14-6-8-16(17(10-14)25(27,28)29)22(36)32-13-4-2-1-3-5-13;2-1-3/h1-12H,(H,32,36)(H,34,37)(H2,30,31,33,35);1H,(H,2,3). The lowest BCUT2D eigenvalue weighted by molar-refractivity contribution is -0.137. The summed E-state index contributed by atoms with van der Waals surface area (Å²) in [6.07, 6.45) is -4.01. The Morgan fingerprint density at radius 3 is 2.37 bits per heavy atom. The zero-order valence-electron chi connectivity index (χ0n) is 20.5. The number of aromatic nitrogens is 3. The number of nitrogens with zero attached hydrogens (tertiary/aromatic N) is 2. The maximum Gasteiger partial charge on any atom is 0.417 e. The normalized spacial score (nSPS) is 10.8. The monoisotopic (exact) mass is 570 g/mol. The molecule has 0 atom stereocenters. The minimum absolute atomic E-state index is 0.0801. The molecule has 0 saturated carbocycles. The fourth-order valence-corrected chi connectivity index (χ4v) is 3.59. The molecule has 1 amide bonds. The van der Waals surface area contributed by atoms with Gasteiger partial charge >= 0.3 is 11.9 Å². The van der Waals surface area contributed by atoms with Crippen molar-refractivity contribution >= 4 is 52.3 Å². The molecule has 0 spiro atoms. The van der Waals surface area contributed by atoms with Crippen LogP contribution in [-0.2, 0) is 11.0 Å². The van der Waals surface area contributed by atoms with E-state index in [1.165, 1.54) is 24.3 Å². The average Bonchev–Trinajstić information content (AvgIpc) is 3.30. The number of aromatic amines is 1. The first-order valence-electron chi connectivity index (χ1n) is 11.4. The summed E-state index contributed by atoms with van der Waals surface area (Å²) in [5, 5.41) is 14.6. The second kappa shape index (κ2) is 12.0. The summed E-state index contributed by atoms with van der Waals surface area (Å²) in [5.74, 6) is -2.90. The number of para-hydroxylation sites is 1. The largest absolute Gasteiger partial charge is 0.483 e. The van der Waals surface area contributed by atoms with E-state index in [0.29, 0.717) is 22.5 Å². The molecule has 2 aromatic heterocycles. The minimum atomic E-state index is -4.84. The fourth-order valence-electron chi connectivity index (χ4n) is 3.59. The van der Waals surface area contributed by atoms with Crippen LogP contribution in [-0.4, -0.2) is 32.4 Å². The summed E-state index contributed by atoms with van der Waals surface area (Å²) in [5.41, 5.74) is -0.488. The lowest BCUT2D eigenvalue weighted by Gasteiger charge is -2.15. The number of rotatable bonds is 6. The van der Waals surface area contributed by atoms with E-state index in [0.717, 1.165) is 18.3 Å². The first-order valence-corrected chi connectivity index (χ1v) is 11.4. The predicted molar refractivity (Wildman–Crippen MR) is 140 cm³/mol. The number of amides is 1. The minimum Gasteiger partial charge on any atom is -0.483 e. The van der Waals surface area contributed by atoms with Crippen LogP contribution in [0.25, 0.3) is 11.1 Å². The summed E-state index contributed by atoms with van der Waals surface area (Å²) in [7, 11) is 0. The first-order chi connectivity index (χ1) is 19.6. The first kappa shape index (κ1) is 28.3. The lowest BCUT2D eigenvalue weighted by atomic mass is 10.0. The van der Waals surface area contributed by atoms with Crippen LogP contribution in [0.5, 0.6) is 0 Å². The van der Waals surface area contributed by atoms with Gasteiger partial charge in [0.05, 0.1) is 22.8 Å². The van der Waals surface area contributed by atoms with Gasteiger partial charge in [-0.25, -0.2) is 14.2 Å². The van der Waals surface area contributed by atoms with E-state index in [1.54, 1.807) is 30.3 Å². The molecule has 5 N–H and O–H groups in total. The van der Waals surface area contributed by atoms with Crippen molar-refractivity contribution < 1.29 is 36.7 Å². The number of oxazole rings is 1. The Labute approximate surface area is 226 Å². The number of halogens is 4. The molecule has 5 rings (SSSR count). The van der Waals surface area contributed by atoms with E-state index in [2.05, 4.69) is 30.9 Å². The predicted octanol–water partition coefficient (Wildman–Crippen LogP) is 5.51. The molecule has 0 saturated heterocycles. The van der Waals surface area contributed by atoms with Crippen LogP contribution in [0.1, 0.15) is 15.9 Å². The van der Waals surface area contributed by atoms with Crippen LogP contribution in [0.3, 0.4) is 0 Å². The Balaban J connectivity index is 0.00000124. The molecule has 41 heavy (non-hydrogen) atoms. The van der Waals surface area contributed by atoms with Crippen molar-refractivity contribution in [3.8, 4) is 0 Å². The van der Waals surface area contributed by atoms with E-state index >= 15 is 0 Å². The molecular weight excluding hydrogens is 552 g/mol. The number of carbonyl (C=O) groups excluding carboxylic acids is 1. The smallest absolute Gasteiger partial charge is 0.417 e. The van der Waals surface area contributed by atoms with Crippen LogP contribution in [0.15, 0.2) is 82.1 Å². The summed E-state index contributed by atoms with van der Waals surface area (Å²) in [6.45, 7) is -0.250. The molecule has 0 aliphatic heterocycles. The van der Waals surface area contributed by atoms with Crippen LogP contribution >= 0.6 is 0 Å². The number of nitrogens with one attached hydrogen (secondary N) is 4. The van der Waals surface area contributed by atoms with E-state index in [9.17, 15) is 27.2 Å². The van der Waals surface area contributed by atoms with Gasteiger partial charge in [0.15, 0.2) is 17.2 Å². The van der Waals surface area contributed by atoms with Gasteiger partial charge in [-0.05, 0) is 48.5 Å². The Bertz CT molecular complexity index is 1760. The quantitative estimate of drug-likeness (QED) is 0.131. The van der Waals surface area contributed by atoms with Gasteiger partial charge in [-0.1, -0.05) is 18.2 Å². The average molecular weight is 570 g/mol. The summed E-state index contributed by atoms with van der Waals surface area (Å²) < 4.78 is 60.7. The summed E-state index contributed by atoms with van der Waals surface area (Å²) >= 11 is 0. The number of fused-ring (bicyclic) bond motifs is 1. The van der Waals surface area contributed by atoms with Crippen LogP contribution in [0.2, 0.25) is 0 Å². The zero-order valence-corrected chi connectivity index (χ0v) is 20.5. The summed E-state index contributed by atoms with van der Waals surface area (Å²) in [4.78, 5) is 42.5. The van der Waals surface area contributed by atoms with Gasteiger partial charge in [-0.15, -0.1) is 0 Å². The molecule has 2 heterocycles. The highest BCUT2D eigenvalue weighted by Gasteiger charge is 2.35. The highest BCUT2D eigenvalue weighted by molar-refractivity contribution is 6.05. The van der Waals surface area contributed by atoms with E-state index < -0.39 is 34.8 Å². The Kier molecular flexibility index (Phi) is 8.26. The van der Waals surface area contributed by atoms with Crippen molar-refractivity contribution in [2.24, 2.45) is 0 Å². The Hall–Kier alpha value is -5.73. The number of benzene rings is 3. The number of carboxylic acid groups (broad SMARTS) is 1. The zero-order chi connectivity index (χ0) is 29.6. The number of carbonyl (C=O) groups is 2. The molecular formula is C26H18F4N6O5. The molecule has 0 fully saturated rings. The Morgan fingerprint density at radius 2 is 1.66 bits per heavy atom. The number of hydrogen-bond donors (Lipinski definition) is 5. The molecule has 0 unspecified atom stereocenters. The van der Waals surface area contributed by atoms with Gasteiger partial charge in [0.25, 0.3) is 12.4 Å². The Morgan fingerprint density at radius 1 is 0.976 bits per heavy atom. The molecule has 0 aliphatic rings. The number of anilines is 5. The highest BCUT2D eigenvalue weighted by atomic mass is 19.4. The molecule has 15 heteroatoms. The van der Waals surface area contributed by atoms with Crippen LogP contribution in [0, 0.1) is 5.82 Å². The van der Waals surface area contributed by atoms with Crippen molar-refractivity contribution in [2.75, 3.05) is 16.0 Å². The molecule has 11 nitrogen and oxygen atoms in total. The SMILES string of the molecule is O=C(Nc1ccccc1)c1ccc(Nc2ncc(F)c(Nc3ccc4oc(=O)[nH]c4c3)n2)cc1C(F)(F)F.O=CO. The van der Waals surface area contributed by atoms with Gasteiger partial charge < -0.3 is 25.5 Å². The number of hydrogen-bond acceptors (Lipinski definition) is 8. The third kappa shape index (κ3) is 7.03. The number of H-pyrrole nitrogens is 1. The fraction of sp³-hybridized carbons (Fsp3) is 0.0385. The topological polar surface area (TPSA) is 162 Å². The third-order valence-electron chi connectivity index (χ3n) is 5.28. The lowest BCUT2D eigenvalue weighted by Crippen LogP contribution is -2.19. The third-order valence-corrected chi connectivity index (χ3v) is 5.28. The van der Waals surface area contributed by atoms with E-state index in [-0.39, 0.29) is 23.9 Å². The maximum atomic E-state index is 14.4. The van der Waals surface area contributed by atoms with Crippen LogP contribution < -0.4 is 21.7 Å². The summed E-state index contributed by atoms with van der Waals surface area (Å²) in [6, 6.07) is 15.6. The molecule has 0 bridgehead atoms. The van der Waals surface area contributed by atoms with Crippen molar-refractivity contribution in [1.29, 1.82) is 0 Å². The van der Waals surface area contributed by atoms with Gasteiger partial charge in [0.2, 0.25) is 5.95 Å². The van der Waals surface area contributed by atoms with Gasteiger partial charge in [0.1, 0.15) is 0 Å². The van der Waals surface area contributed by atoms with Crippen molar-refractivity contribution in [3.63, 3.8) is 0 Å². The second-order valence-electron chi connectivity index (χ2n) is 8.05. The highest BCUT2D eigenvalue weighted by Crippen LogP contribution is 2.35. The maximum absolute atomic E-state index is 14.4. The molecule has 0 radical (unpaired) electrons. The van der Waals surface area contributed by atoms with Crippen molar-refractivity contribution in [2.45, 2.75) is 6.18 Å².